The minimum Gasteiger partial charge on any atom is -0.490 e. The standard InChI is InChI=1S/C22H38O3P2/c1-15(2)24-16-13-12-14-17-18(16)26(20(3,4)5)19(25-17)27(23,21(6,7)8)22(9,10)11/h12-15,19H,1-11H3/t19?,26-/m0/s1. The molecule has 154 valence electrons. The molecule has 1 heterocycles. The molecule has 1 aromatic rings. The van der Waals surface area contributed by atoms with E-state index < -0.39 is 15.1 Å². The number of fused-ring (bicyclic) bond motifs is 1. The molecule has 0 saturated heterocycles. The lowest BCUT2D eigenvalue weighted by Crippen LogP contribution is -2.38. The number of ether oxygens (including phenoxy) is 2. The molecule has 2 atom stereocenters. The van der Waals surface area contributed by atoms with Gasteiger partial charge in [0.25, 0.3) is 0 Å². The molecule has 1 aliphatic heterocycles. The zero-order valence-corrected chi connectivity index (χ0v) is 20.8. The summed E-state index contributed by atoms with van der Waals surface area (Å²) < 4.78 is 27.5. The van der Waals surface area contributed by atoms with E-state index in [1.54, 1.807) is 0 Å². The van der Waals surface area contributed by atoms with Gasteiger partial charge in [-0.25, -0.2) is 0 Å². The van der Waals surface area contributed by atoms with Crippen molar-refractivity contribution in [3.63, 3.8) is 0 Å². The Labute approximate surface area is 167 Å². The van der Waals surface area contributed by atoms with Crippen molar-refractivity contribution >= 4 is 20.4 Å². The van der Waals surface area contributed by atoms with Crippen molar-refractivity contribution in [1.29, 1.82) is 0 Å². The Morgan fingerprint density at radius 2 is 1.52 bits per heavy atom. The maximum Gasteiger partial charge on any atom is 0.174 e. The normalized spacial score (nSPS) is 21.2. The molecule has 0 aromatic heterocycles. The van der Waals surface area contributed by atoms with E-state index >= 15 is 0 Å². The highest BCUT2D eigenvalue weighted by Gasteiger charge is 2.60. The number of hydrogen-bond acceptors (Lipinski definition) is 3. The summed E-state index contributed by atoms with van der Waals surface area (Å²) in [5.74, 6) is 1.74. The molecule has 0 fully saturated rings. The molecule has 0 N–H and O–H groups in total. The largest absolute Gasteiger partial charge is 0.490 e. The lowest BCUT2D eigenvalue weighted by Gasteiger charge is -2.47. The Hall–Kier alpha value is -0.520. The van der Waals surface area contributed by atoms with Gasteiger partial charge in [0.05, 0.1) is 11.4 Å². The summed E-state index contributed by atoms with van der Waals surface area (Å²) in [5.41, 5.74) is -0.292. The molecule has 0 spiro atoms. The third-order valence-corrected chi connectivity index (χ3v) is 14.3. The van der Waals surface area contributed by atoms with Gasteiger partial charge < -0.3 is 14.0 Å². The predicted molar refractivity (Wildman–Crippen MR) is 120 cm³/mol. The SMILES string of the molecule is CC(C)Oc1cccc2c1[P@](C(C)(C)C)C(P(=O)(C(C)(C)C)C(C)(C)C)O2. The third-order valence-electron chi connectivity index (χ3n) is 5.05. The minimum absolute atomic E-state index is 0.0478. The smallest absolute Gasteiger partial charge is 0.174 e. The third kappa shape index (κ3) is 3.97. The van der Waals surface area contributed by atoms with Crippen LogP contribution in [0.25, 0.3) is 0 Å². The van der Waals surface area contributed by atoms with E-state index in [1.807, 2.05) is 32.0 Å². The second-order valence-corrected chi connectivity index (χ2v) is 18.6. The van der Waals surface area contributed by atoms with Gasteiger partial charge in [0.2, 0.25) is 0 Å². The molecule has 0 saturated carbocycles. The van der Waals surface area contributed by atoms with Crippen LogP contribution in [0.1, 0.15) is 76.2 Å². The molecule has 1 aliphatic rings. The molecule has 0 bridgehead atoms. The summed E-state index contributed by atoms with van der Waals surface area (Å²) in [5, 5.41) is 0.409. The average Bonchev–Trinajstić information content (AvgIpc) is 2.83. The topological polar surface area (TPSA) is 35.5 Å². The maximum absolute atomic E-state index is 14.8. The van der Waals surface area contributed by atoms with Gasteiger partial charge >= 0.3 is 0 Å². The van der Waals surface area contributed by atoms with Crippen LogP contribution >= 0.6 is 15.1 Å². The number of rotatable bonds is 3. The molecule has 1 unspecified atom stereocenters. The van der Waals surface area contributed by atoms with E-state index in [0.29, 0.717) is 0 Å². The molecule has 1 aromatic carbocycles. The highest BCUT2D eigenvalue weighted by atomic mass is 31.2. The maximum atomic E-state index is 14.8. The highest BCUT2D eigenvalue weighted by Crippen LogP contribution is 2.80. The van der Waals surface area contributed by atoms with Gasteiger partial charge in [-0.2, -0.15) is 0 Å². The van der Waals surface area contributed by atoms with E-state index in [9.17, 15) is 4.57 Å². The average molecular weight is 412 g/mol. The first-order chi connectivity index (χ1) is 12.0. The van der Waals surface area contributed by atoms with E-state index in [1.165, 1.54) is 0 Å². The van der Waals surface area contributed by atoms with Crippen molar-refractivity contribution in [2.45, 2.75) is 103 Å². The van der Waals surface area contributed by atoms with Crippen molar-refractivity contribution in [2.24, 2.45) is 0 Å². The molecule has 0 aliphatic carbocycles. The summed E-state index contributed by atoms with van der Waals surface area (Å²) in [6, 6.07) is 6.03. The van der Waals surface area contributed by atoms with E-state index in [2.05, 4.69) is 62.3 Å². The first-order valence-electron chi connectivity index (χ1n) is 9.87. The second kappa shape index (κ2) is 7.07. The summed E-state index contributed by atoms with van der Waals surface area (Å²) in [7, 11) is -3.62. The van der Waals surface area contributed by atoms with Gasteiger partial charge in [0.15, 0.2) is 5.59 Å². The summed E-state index contributed by atoms with van der Waals surface area (Å²) in [6.07, 6.45) is 0.0874. The molecule has 0 radical (unpaired) electrons. The van der Waals surface area contributed by atoms with Crippen molar-refractivity contribution in [3.05, 3.63) is 18.2 Å². The zero-order chi connectivity index (χ0) is 21.0. The molecular weight excluding hydrogens is 374 g/mol. The molecule has 2 rings (SSSR count). The van der Waals surface area contributed by atoms with Crippen LogP contribution in [0.3, 0.4) is 0 Å². The van der Waals surface area contributed by atoms with Crippen LogP contribution in [0.4, 0.5) is 0 Å². The Bertz CT molecular complexity index is 715. The second-order valence-electron chi connectivity index (χ2n) is 10.8. The molecule has 0 amide bonds. The van der Waals surface area contributed by atoms with Crippen molar-refractivity contribution in [3.8, 4) is 11.5 Å². The number of hydrogen-bond donors (Lipinski definition) is 0. The fourth-order valence-electron chi connectivity index (χ4n) is 4.03. The Balaban J connectivity index is 2.75. The molecular formula is C22H38O3P2. The van der Waals surface area contributed by atoms with Crippen LogP contribution in [-0.4, -0.2) is 27.2 Å². The predicted octanol–water partition coefficient (Wildman–Crippen LogP) is 7.02. The first-order valence-corrected chi connectivity index (χ1v) is 13.1. The van der Waals surface area contributed by atoms with Crippen molar-refractivity contribution in [2.75, 3.05) is 0 Å². The van der Waals surface area contributed by atoms with Gasteiger partial charge in [-0.1, -0.05) is 68.4 Å². The minimum atomic E-state index is -2.77. The summed E-state index contributed by atoms with van der Waals surface area (Å²) >= 11 is 0. The summed E-state index contributed by atoms with van der Waals surface area (Å²) in [6.45, 7) is 23.4. The molecule has 3 nitrogen and oxygen atoms in total. The van der Waals surface area contributed by atoms with Gasteiger partial charge in [0, 0.05) is 10.3 Å². The summed E-state index contributed by atoms with van der Waals surface area (Å²) in [4.78, 5) is 0. The van der Waals surface area contributed by atoms with Crippen LogP contribution in [0.5, 0.6) is 11.5 Å². The lowest BCUT2D eigenvalue weighted by atomic mass is 10.2. The first kappa shape index (κ1) is 22.8. The Morgan fingerprint density at radius 1 is 1.00 bits per heavy atom. The molecule has 27 heavy (non-hydrogen) atoms. The van der Waals surface area contributed by atoms with Crippen LogP contribution in [-0.2, 0) is 4.57 Å². The van der Waals surface area contributed by atoms with Crippen LogP contribution in [0.2, 0.25) is 0 Å². The quantitative estimate of drug-likeness (QED) is 0.501. The zero-order valence-electron chi connectivity index (χ0n) is 19.0. The monoisotopic (exact) mass is 412 g/mol. The Kier molecular flexibility index (Phi) is 5.96. The lowest BCUT2D eigenvalue weighted by molar-refractivity contribution is 0.244. The molecule has 5 heteroatoms. The van der Waals surface area contributed by atoms with Crippen LogP contribution in [0, 0.1) is 0 Å². The van der Waals surface area contributed by atoms with E-state index in [4.69, 9.17) is 9.47 Å². The Morgan fingerprint density at radius 3 is 1.93 bits per heavy atom. The van der Waals surface area contributed by atoms with Gasteiger partial charge in [-0.05, 0) is 39.1 Å². The van der Waals surface area contributed by atoms with Crippen LogP contribution in [0.15, 0.2) is 18.2 Å². The van der Waals surface area contributed by atoms with E-state index in [-0.39, 0.29) is 27.2 Å². The fourth-order valence-corrected chi connectivity index (χ4v) is 14.9. The number of benzene rings is 1. The van der Waals surface area contributed by atoms with Crippen LogP contribution < -0.4 is 14.8 Å². The van der Waals surface area contributed by atoms with Gasteiger partial charge in [-0.3, -0.25) is 0 Å². The van der Waals surface area contributed by atoms with Crippen molar-refractivity contribution < 1.29 is 14.0 Å². The van der Waals surface area contributed by atoms with E-state index in [0.717, 1.165) is 16.8 Å². The fraction of sp³-hybridized carbons (Fsp3) is 0.727. The highest BCUT2D eigenvalue weighted by molar-refractivity contribution is 7.84. The van der Waals surface area contributed by atoms with Crippen molar-refractivity contribution in [1.82, 2.24) is 0 Å². The van der Waals surface area contributed by atoms with Gasteiger partial charge in [0.1, 0.15) is 18.6 Å². The van der Waals surface area contributed by atoms with Gasteiger partial charge in [-0.15, -0.1) is 0 Å².